The fourth-order valence-electron chi connectivity index (χ4n) is 3.69. The molecule has 0 amide bonds. The van der Waals surface area contributed by atoms with Crippen molar-refractivity contribution in [2.24, 2.45) is 0 Å². The number of hydrogen-bond acceptors (Lipinski definition) is 4. The Hall–Kier alpha value is -3.78. The van der Waals surface area contributed by atoms with Gasteiger partial charge < -0.3 is 8.60 Å². The zero-order valence-corrected chi connectivity index (χ0v) is 17.7. The van der Waals surface area contributed by atoms with Gasteiger partial charge in [-0.3, -0.25) is 0 Å². The van der Waals surface area contributed by atoms with Gasteiger partial charge in [0.25, 0.3) is 0 Å². The van der Waals surface area contributed by atoms with Gasteiger partial charge in [0.1, 0.15) is 11.2 Å². The van der Waals surface area contributed by atoms with E-state index in [0.29, 0.717) is 11.0 Å². The quantitative estimate of drug-likeness (QED) is 0.208. The van der Waals surface area contributed by atoms with Crippen LogP contribution in [0.3, 0.4) is 0 Å². The largest absolute Gasteiger partial charge is 0.534 e. The number of furan rings is 1. The van der Waals surface area contributed by atoms with Crippen LogP contribution in [-0.4, -0.2) is 13.9 Å². The van der Waals surface area contributed by atoms with E-state index in [1.807, 2.05) is 60.7 Å². The Balaban J connectivity index is 1.60. The van der Waals surface area contributed by atoms with Crippen molar-refractivity contribution in [3.63, 3.8) is 0 Å². The van der Waals surface area contributed by atoms with Gasteiger partial charge in [0.15, 0.2) is 5.75 Å². The maximum Gasteiger partial charge on any atom is 0.534 e. The molecular formula is C25H15F3O4S. The van der Waals surface area contributed by atoms with Gasteiger partial charge in [0, 0.05) is 5.39 Å². The summed E-state index contributed by atoms with van der Waals surface area (Å²) in [6, 6.07) is 27.1. The third kappa shape index (κ3) is 3.82. The second-order valence-corrected chi connectivity index (χ2v) is 8.91. The van der Waals surface area contributed by atoms with Gasteiger partial charge in [-0.05, 0) is 46.5 Å². The maximum atomic E-state index is 12.9. The third-order valence-corrected chi connectivity index (χ3v) is 6.23. The summed E-state index contributed by atoms with van der Waals surface area (Å²) in [6.07, 6.45) is 0. The minimum absolute atomic E-state index is 0.156. The minimum atomic E-state index is -5.82. The van der Waals surface area contributed by atoms with Crippen LogP contribution in [-0.2, 0) is 10.1 Å². The van der Waals surface area contributed by atoms with Crippen molar-refractivity contribution in [2.45, 2.75) is 5.51 Å². The molecule has 33 heavy (non-hydrogen) atoms. The lowest BCUT2D eigenvalue weighted by Gasteiger charge is -2.10. The smallest absolute Gasteiger partial charge is 0.456 e. The standard InChI is InChI=1S/C25H15F3O4S/c26-25(27,28)33(29,30)32-23-8-4-7-22-24(23)20-15-19(13-14-21(20)31-22)18-11-9-17(10-12-18)16-5-2-1-3-6-16/h1-15H. The molecule has 4 aromatic carbocycles. The molecule has 1 heterocycles. The summed E-state index contributed by atoms with van der Waals surface area (Å²) < 4.78 is 71.9. The zero-order valence-electron chi connectivity index (χ0n) is 16.8. The van der Waals surface area contributed by atoms with E-state index in [1.54, 1.807) is 12.1 Å². The predicted molar refractivity (Wildman–Crippen MR) is 120 cm³/mol. The first kappa shape index (κ1) is 21.1. The summed E-state index contributed by atoms with van der Waals surface area (Å²) in [7, 11) is -5.82. The average Bonchev–Trinajstić information content (AvgIpc) is 3.18. The van der Waals surface area contributed by atoms with Crippen molar-refractivity contribution in [1.29, 1.82) is 0 Å². The van der Waals surface area contributed by atoms with Gasteiger partial charge in [0.05, 0.1) is 5.39 Å². The first-order chi connectivity index (χ1) is 15.7. The van der Waals surface area contributed by atoms with Crippen molar-refractivity contribution in [3.8, 4) is 28.0 Å². The summed E-state index contributed by atoms with van der Waals surface area (Å²) in [4.78, 5) is 0. The number of alkyl halides is 3. The summed E-state index contributed by atoms with van der Waals surface area (Å²) in [6.45, 7) is 0. The predicted octanol–water partition coefficient (Wildman–Crippen LogP) is 7.15. The van der Waals surface area contributed by atoms with E-state index in [0.717, 1.165) is 22.3 Å². The molecule has 0 spiro atoms. The number of fused-ring (bicyclic) bond motifs is 3. The molecule has 5 rings (SSSR count). The van der Waals surface area contributed by atoms with Crippen molar-refractivity contribution in [3.05, 3.63) is 91.0 Å². The Morgan fingerprint density at radius 2 is 1.27 bits per heavy atom. The molecule has 0 bridgehead atoms. The normalized spacial score (nSPS) is 12.3. The van der Waals surface area contributed by atoms with Crippen molar-refractivity contribution >= 4 is 32.1 Å². The highest BCUT2D eigenvalue weighted by molar-refractivity contribution is 7.88. The van der Waals surface area contributed by atoms with Gasteiger partial charge in [-0.2, -0.15) is 21.6 Å². The molecule has 0 fully saturated rings. The molecule has 0 N–H and O–H groups in total. The summed E-state index contributed by atoms with van der Waals surface area (Å²) in [5.41, 5.74) is -1.13. The van der Waals surface area contributed by atoms with Crippen LogP contribution in [0.5, 0.6) is 5.75 Å². The van der Waals surface area contributed by atoms with Gasteiger partial charge in [-0.1, -0.05) is 66.7 Å². The minimum Gasteiger partial charge on any atom is -0.456 e. The van der Waals surface area contributed by atoms with Crippen LogP contribution in [0.4, 0.5) is 13.2 Å². The van der Waals surface area contributed by atoms with Crippen LogP contribution in [0.25, 0.3) is 44.2 Å². The lowest BCUT2D eigenvalue weighted by Crippen LogP contribution is -2.28. The lowest BCUT2D eigenvalue weighted by molar-refractivity contribution is -0.0499. The topological polar surface area (TPSA) is 56.5 Å². The molecule has 166 valence electrons. The summed E-state index contributed by atoms with van der Waals surface area (Å²) in [5, 5.41) is 0.602. The highest BCUT2D eigenvalue weighted by atomic mass is 32.2. The molecule has 0 atom stereocenters. The van der Waals surface area contributed by atoms with Gasteiger partial charge >= 0.3 is 15.6 Å². The highest BCUT2D eigenvalue weighted by Gasteiger charge is 2.48. The molecule has 4 nitrogen and oxygen atoms in total. The SMILES string of the molecule is O=S(=O)(Oc1cccc2oc3ccc(-c4ccc(-c5ccccc5)cc4)cc3c12)C(F)(F)F. The Morgan fingerprint density at radius 1 is 0.667 bits per heavy atom. The second-order valence-electron chi connectivity index (χ2n) is 7.37. The van der Waals surface area contributed by atoms with E-state index in [2.05, 4.69) is 4.18 Å². The van der Waals surface area contributed by atoms with Gasteiger partial charge in [-0.25, -0.2) is 0 Å². The number of hydrogen-bond donors (Lipinski definition) is 0. The molecule has 0 saturated heterocycles. The van der Waals surface area contributed by atoms with Crippen LogP contribution < -0.4 is 4.18 Å². The third-order valence-electron chi connectivity index (χ3n) is 5.27. The second kappa shape index (κ2) is 7.67. The molecule has 0 radical (unpaired) electrons. The van der Waals surface area contributed by atoms with Crippen LogP contribution in [0.1, 0.15) is 0 Å². The summed E-state index contributed by atoms with van der Waals surface area (Å²) in [5.74, 6) is -0.444. The molecule has 0 saturated carbocycles. The van der Waals surface area contributed by atoms with E-state index < -0.39 is 21.4 Å². The highest BCUT2D eigenvalue weighted by Crippen LogP contribution is 2.39. The fourth-order valence-corrected chi connectivity index (χ4v) is 4.16. The van der Waals surface area contributed by atoms with Crippen LogP contribution in [0, 0.1) is 0 Å². The lowest BCUT2D eigenvalue weighted by atomic mass is 9.99. The van der Waals surface area contributed by atoms with Crippen LogP contribution in [0.2, 0.25) is 0 Å². The van der Waals surface area contributed by atoms with E-state index in [-0.39, 0.29) is 11.0 Å². The van der Waals surface area contributed by atoms with Crippen LogP contribution >= 0.6 is 0 Å². The summed E-state index contributed by atoms with van der Waals surface area (Å²) >= 11 is 0. The fraction of sp³-hybridized carbons (Fsp3) is 0.0400. The monoisotopic (exact) mass is 468 g/mol. The van der Waals surface area contributed by atoms with E-state index in [9.17, 15) is 21.6 Å². The number of benzene rings is 4. The van der Waals surface area contributed by atoms with Crippen molar-refractivity contribution in [2.75, 3.05) is 0 Å². The Bertz CT molecular complexity index is 1570. The van der Waals surface area contributed by atoms with E-state index >= 15 is 0 Å². The number of halogens is 3. The Morgan fingerprint density at radius 3 is 1.94 bits per heavy atom. The first-order valence-electron chi connectivity index (χ1n) is 9.85. The van der Waals surface area contributed by atoms with Gasteiger partial charge in [-0.15, -0.1) is 0 Å². The van der Waals surface area contributed by atoms with E-state index in [4.69, 9.17) is 4.42 Å². The van der Waals surface area contributed by atoms with Crippen LogP contribution in [0.15, 0.2) is 95.4 Å². The molecule has 8 heteroatoms. The van der Waals surface area contributed by atoms with Crippen molar-refractivity contribution < 1.29 is 30.2 Å². The Labute approximate surface area is 187 Å². The molecule has 0 aliphatic heterocycles. The number of rotatable bonds is 4. The Kier molecular flexibility index (Phi) is 4.90. The van der Waals surface area contributed by atoms with E-state index in [1.165, 1.54) is 18.2 Å². The maximum absolute atomic E-state index is 12.9. The molecule has 0 aliphatic rings. The average molecular weight is 468 g/mol. The molecule has 0 aliphatic carbocycles. The molecular weight excluding hydrogens is 453 g/mol. The first-order valence-corrected chi connectivity index (χ1v) is 11.3. The van der Waals surface area contributed by atoms with Crippen molar-refractivity contribution in [1.82, 2.24) is 0 Å². The molecule has 1 aromatic heterocycles. The molecule has 5 aromatic rings. The zero-order chi connectivity index (χ0) is 23.2. The van der Waals surface area contributed by atoms with Gasteiger partial charge in [0.2, 0.25) is 0 Å². The molecule has 0 unspecified atom stereocenters.